The van der Waals surface area contributed by atoms with Crippen LogP contribution in [0.2, 0.25) is 0 Å². The molecule has 1 aromatic carbocycles. The predicted molar refractivity (Wildman–Crippen MR) is 91.3 cm³/mol. The zero-order valence-corrected chi connectivity index (χ0v) is 14.1. The van der Waals surface area contributed by atoms with Crippen molar-refractivity contribution < 1.29 is 9.53 Å². The molecule has 3 rings (SSSR count). The third kappa shape index (κ3) is 2.97. The van der Waals surface area contributed by atoms with Crippen molar-refractivity contribution in [3.63, 3.8) is 0 Å². The second kappa shape index (κ2) is 5.74. The van der Waals surface area contributed by atoms with Gasteiger partial charge >= 0.3 is 0 Å². The molecule has 0 unspecified atom stereocenters. The molecule has 0 bridgehead atoms. The number of nitriles is 1. The van der Waals surface area contributed by atoms with E-state index in [0.717, 1.165) is 29.3 Å². The lowest BCUT2D eigenvalue weighted by Crippen LogP contribution is -2.34. The molecule has 6 heteroatoms. The monoisotopic (exact) mass is 327 g/mol. The van der Waals surface area contributed by atoms with Crippen LogP contribution < -0.4 is 4.74 Å². The molecular formula is C17H17N3O2S. The van der Waals surface area contributed by atoms with Crippen molar-refractivity contribution in [2.24, 2.45) is 4.99 Å². The average Bonchev–Trinajstić information content (AvgIpc) is 2.93. The average molecular weight is 327 g/mol. The number of benzene rings is 1. The molecule has 0 N–H and O–H groups in total. The first-order valence-corrected chi connectivity index (χ1v) is 8.34. The van der Waals surface area contributed by atoms with E-state index in [1.165, 1.54) is 0 Å². The van der Waals surface area contributed by atoms with Crippen LogP contribution in [0.4, 0.5) is 0 Å². The van der Waals surface area contributed by atoms with Crippen LogP contribution >= 0.6 is 11.8 Å². The van der Waals surface area contributed by atoms with Crippen LogP contribution in [0.3, 0.4) is 0 Å². The van der Waals surface area contributed by atoms with Gasteiger partial charge in [-0.2, -0.15) is 5.26 Å². The molecule has 0 aromatic heterocycles. The number of nitrogens with zero attached hydrogens (tertiary/aromatic N) is 3. The zero-order chi connectivity index (χ0) is 16.6. The fourth-order valence-corrected chi connectivity index (χ4v) is 3.65. The number of amidine groups is 1. The Morgan fingerprint density at radius 1 is 1.48 bits per heavy atom. The summed E-state index contributed by atoms with van der Waals surface area (Å²) in [5.41, 5.74) is 1.98. The maximum atomic E-state index is 11.7. The lowest BCUT2D eigenvalue weighted by Gasteiger charge is -2.34. The van der Waals surface area contributed by atoms with Gasteiger partial charge in [0.2, 0.25) is 6.19 Å². The number of aliphatic imine (C=N–C) groups is 1. The number of Topliss-reactive ketones (excluding diaryl/α,β-unsaturated/α-hetero) is 1. The van der Waals surface area contributed by atoms with E-state index in [1.807, 2.05) is 43.1 Å². The lowest BCUT2D eigenvalue weighted by atomic mass is 9.96. The third-order valence-electron chi connectivity index (χ3n) is 3.73. The van der Waals surface area contributed by atoms with E-state index >= 15 is 0 Å². The molecule has 0 atom stereocenters. The second-order valence-electron chi connectivity index (χ2n) is 6.00. The minimum atomic E-state index is -0.467. The van der Waals surface area contributed by atoms with E-state index in [4.69, 9.17) is 10.00 Å². The maximum absolute atomic E-state index is 11.7. The summed E-state index contributed by atoms with van der Waals surface area (Å²) in [7, 11) is 0. The van der Waals surface area contributed by atoms with E-state index in [0.29, 0.717) is 10.7 Å². The van der Waals surface area contributed by atoms with Gasteiger partial charge in [0.1, 0.15) is 11.4 Å². The third-order valence-corrected chi connectivity index (χ3v) is 4.69. The van der Waals surface area contributed by atoms with Crippen molar-refractivity contribution in [3.05, 3.63) is 35.4 Å². The molecule has 1 aromatic rings. The van der Waals surface area contributed by atoms with Crippen molar-refractivity contribution in [1.82, 2.24) is 4.90 Å². The summed E-state index contributed by atoms with van der Waals surface area (Å²) in [6, 6.07) is 5.47. The molecule has 5 nitrogen and oxygen atoms in total. The Morgan fingerprint density at radius 2 is 2.26 bits per heavy atom. The van der Waals surface area contributed by atoms with E-state index in [2.05, 4.69) is 4.99 Å². The Labute approximate surface area is 139 Å². The van der Waals surface area contributed by atoms with Crippen molar-refractivity contribution in [2.75, 3.05) is 12.3 Å². The molecular weight excluding hydrogens is 310 g/mol. The summed E-state index contributed by atoms with van der Waals surface area (Å²) in [5, 5.41) is 9.58. The van der Waals surface area contributed by atoms with Crippen molar-refractivity contribution in [3.8, 4) is 11.9 Å². The molecule has 0 radical (unpaired) electrons. The molecule has 2 aliphatic heterocycles. The van der Waals surface area contributed by atoms with Crippen LogP contribution in [0, 0.1) is 11.5 Å². The van der Waals surface area contributed by atoms with Crippen molar-refractivity contribution in [2.45, 2.75) is 26.4 Å². The Balaban J connectivity index is 2.13. The highest BCUT2D eigenvalue weighted by Crippen LogP contribution is 2.40. The number of carbonyl (C=O) groups excluding carboxylic acids is 1. The van der Waals surface area contributed by atoms with Gasteiger partial charge in [-0.15, -0.1) is 4.99 Å². The van der Waals surface area contributed by atoms with Gasteiger partial charge in [0.15, 0.2) is 11.0 Å². The van der Waals surface area contributed by atoms with E-state index in [1.54, 1.807) is 24.8 Å². The number of fused-ring (bicyclic) bond motifs is 1. The summed E-state index contributed by atoms with van der Waals surface area (Å²) in [4.78, 5) is 17.7. The van der Waals surface area contributed by atoms with Crippen LogP contribution in [-0.2, 0) is 0 Å². The Hall–Kier alpha value is -2.26. The van der Waals surface area contributed by atoms with Crippen LogP contribution in [0.5, 0.6) is 5.75 Å². The van der Waals surface area contributed by atoms with Gasteiger partial charge in [0.25, 0.3) is 0 Å². The first kappa shape index (κ1) is 15.6. The number of hydrogen-bond acceptors (Lipinski definition) is 5. The maximum Gasteiger partial charge on any atom is 0.208 e. The van der Waals surface area contributed by atoms with Crippen LogP contribution in [-0.4, -0.2) is 33.7 Å². The predicted octanol–water partition coefficient (Wildman–Crippen LogP) is 3.29. The minimum Gasteiger partial charge on any atom is -0.483 e. The quantitative estimate of drug-likeness (QED) is 0.616. The van der Waals surface area contributed by atoms with Gasteiger partial charge in [0, 0.05) is 23.4 Å². The molecule has 118 valence electrons. The smallest absolute Gasteiger partial charge is 0.208 e. The molecule has 1 fully saturated rings. The van der Waals surface area contributed by atoms with Gasteiger partial charge in [-0.3, -0.25) is 4.79 Å². The lowest BCUT2D eigenvalue weighted by molar-refractivity contribution is 0.101. The number of thioether (sulfide) groups is 1. The molecule has 2 heterocycles. The molecule has 0 spiro atoms. The summed E-state index contributed by atoms with van der Waals surface area (Å²) in [6.07, 6.45) is 3.89. The fraction of sp³-hybridized carbons (Fsp3) is 0.353. The standard InChI is InChI=1S/C17H17N3O2S/c1-11(21)12-4-5-15-13(8-12)14(9-17(2,3)22-15)20-6-7-23-16(20)19-10-18/h4-5,8-9H,6-7H2,1-3H3/b19-16+. The zero-order valence-electron chi connectivity index (χ0n) is 13.3. The van der Waals surface area contributed by atoms with E-state index < -0.39 is 5.60 Å². The summed E-state index contributed by atoms with van der Waals surface area (Å²) < 4.78 is 6.01. The van der Waals surface area contributed by atoms with Gasteiger partial charge in [-0.1, -0.05) is 11.8 Å². The SMILES string of the molecule is CC(=O)c1ccc2c(c1)C(N1CCS/C1=N/C#N)=CC(C)(C)O2. The van der Waals surface area contributed by atoms with Crippen LogP contribution in [0.15, 0.2) is 29.3 Å². The first-order chi connectivity index (χ1) is 10.9. The molecule has 0 amide bonds. The highest BCUT2D eigenvalue weighted by molar-refractivity contribution is 8.14. The normalized spacial score (nSPS) is 20.5. The van der Waals surface area contributed by atoms with Crippen molar-refractivity contribution in [1.29, 1.82) is 5.26 Å². The first-order valence-electron chi connectivity index (χ1n) is 7.35. The fourth-order valence-electron chi connectivity index (χ4n) is 2.74. The van der Waals surface area contributed by atoms with Crippen LogP contribution in [0.1, 0.15) is 36.7 Å². The topological polar surface area (TPSA) is 65.7 Å². The molecule has 0 saturated carbocycles. The Bertz CT molecular complexity index is 775. The summed E-state index contributed by atoms with van der Waals surface area (Å²) >= 11 is 1.56. The van der Waals surface area contributed by atoms with Gasteiger partial charge in [0.05, 0.1) is 5.70 Å². The Kier molecular flexibility index (Phi) is 3.90. The molecule has 23 heavy (non-hydrogen) atoms. The van der Waals surface area contributed by atoms with Crippen molar-refractivity contribution >= 4 is 28.4 Å². The number of carbonyl (C=O) groups is 1. The van der Waals surface area contributed by atoms with E-state index in [9.17, 15) is 4.79 Å². The molecule has 1 saturated heterocycles. The largest absolute Gasteiger partial charge is 0.483 e. The van der Waals surface area contributed by atoms with Gasteiger partial charge < -0.3 is 9.64 Å². The van der Waals surface area contributed by atoms with Gasteiger partial charge in [-0.05, 0) is 45.0 Å². The molecule has 2 aliphatic rings. The number of rotatable bonds is 2. The highest BCUT2D eigenvalue weighted by atomic mass is 32.2. The minimum absolute atomic E-state index is 0.0127. The number of ketones is 1. The van der Waals surface area contributed by atoms with Crippen LogP contribution in [0.25, 0.3) is 5.70 Å². The summed E-state index contributed by atoms with van der Waals surface area (Å²) in [6.45, 7) is 6.29. The van der Waals surface area contributed by atoms with Gasteiger partial charge in [-0.25, -0.2) is 0 Å². The second-order valence-corrected chi connectivity index (χ2v) is 7.06. The highest BCUT2D eigenvalue weighted by Gasteiger charge is 2.33. The number of hydrogen-bond donors (Lipinski definition) is 0. The number of ether oxygens (including phenoxy) is 1. The molecule has 0 aliphatic carbocycles. The summed E-state index contributed by atoms with van der Waals surface area (Å²) in [5.74, 6) is 1.63. The Morgan fingerprint density at radius 3 is 2.96 bits per heavy atom. The van der Waals surface area contributed by atoms with E-state index in [-0.39, 0.29) is 5.78 Å².